The summed E-state index contributed by atoms with van der Waals surface area (Å²) < 4.78 is 20.0. The van der Waals surface area contributed by atoms with Crippen molar-refractivity contribution in [2.45, 2.75) is 39.7 Å². The minimum absolute atomic E-state index is 0.0470. The van der Waals surface area contributed by atoms with Gasteiger partial charge < -0.3 is 9.64 Å². The molecule has 0 aliphatic carbocycles. The fourth-order valence-corrected chi connectivity index (χ4v) is 5.29. The number of hydrogen-bond donors (Lipinski definition) is 0. The van der Waals surface area contributed by atoms with Crippen LogP contribution in [0.4, 0.5) is 4.39 Å². The molecule has 1 aromatic heterocycles. The van der Waals surface area contributed by atoms with E-state index in [2.05, 4.69) is 10.0 Å². The molecule has 4 rings (SSSR count). The molecule has 7 nitrogen and oxygen atoms in total. The van der Waals surface area contributed by atoms with Crippen LogP contribution in [0.25, 0.3) is 0 Å². The van der Waals surface area contributed by atoms with Crippen molar-refractivity contribution in [1.82, 2.24) is 14.8 Å². The average Bonchev–Trinajstić information content (AvgIpc) is 3.51. The summed E-state index contributed by atoms with van der Waals surface area (Å²) in [6.45, 7) is 10.1. The predicted octanol–water partition coefficient (Wildman–Crippen LogP) is 4.16. The van der Waals surface area contributed by atoms with Gasteiger partial charge in [0.15, 0.2) is 0 Å². The molecule has 1 saturated heterocycles. The van der Waals surface area contributed by atoms with Crippen LogP contribution in [0, 0.1) is 11.2 Å². The van der Waals surface area contributed by atoms with Crippen LogP contribution >= 0.6 is 11.3 Å². The largest absolute Gasteiger partial charge is 0.379 e. The number of hydrogen-bond acceptors (Lipinski definition) is 6. The summed E-state index contributed by atoms with van der Waals surface area (Å²) in [5.41, 5.74) is 0.753. The third kappa shape index (κ3) is 6.78. The zero-order chi connectivity index (χ0) is 25.7. The van der Waals surface area contributed by atoms with E-state index < -0.39 is 0 Å². The van der Waals surface area contributed by atoms with E-state index in [0.29, 0.717) is 50.4 Å². The van der Waals surface area contributed by atoms with Gasteiger partial charge in [0.2, 0.25) is 5.91 Å². The maximum absolute atomic E-state index is 14.5. The predicted molar refractivity (Wildman–Crippen MR) is 139 cm³/mol. The van der Waals surface area contributed by atoms with Crippen LogP contribution < -0.4 is 0 Å². The van der Waals surface area contributed by atoms with Gasteiger partial charge in [-0.25, -0.2) is 9.40 Å². The number of rotatable bonds is 8. The van der Waals surface area contributed by atoms with Gasteiger partial charge in [-0.15, -0.1) is 11.3 Å². The van der Waals surface area contributed by atoms with E-state index in [1.807, 2.05) is 38.3 Å². The molecule has 194 valence electrons. The molecular formula is C27H35FN4O3S. The summed E-state index contributed by atoms with van der Waals surface area (Å²) >= 11 is 1.54. The minimum atomic E-state index is -0.358. The zero-order valence-corrected chi connectivity index (χ0v) is 22.1. The molecule has 1 unspecified atom stereocenters. The summed E-state index contributed by atoms with van der Waals surface area (Å²) in [7, 11) is 0. The highest BCUT2D eigenvalue weighted by Gasteiger charge is 2.36. The van der Waals surface area contributed by atoms with E-state index in [1.165, 1.54) is 11.1 Å². The lowest BCUT2D eigenvalue weighted by atomic mass is 9.91. The Labute approximate surface area is 216 Å². The lowest BCUT2D eigenvalue weighted by molar-refractivity contribution is -0.142. The van der Waals surface area contributed by atoms with Crippen molar-refractivity contribution in [1.29, 1.82) is 0 Å². The second-order valence-electron chi connectivity index (χ2n) is 10.5. The number of carbonyl (C=O) groups is 2. The Kier molecular flexibility index (Phi) is 8.54. The first-order valence-corrected chi connectivity index (χ1v) is 13.3. The highest BCUT2D eigenvalue weighted by molar-refractivity contribution is 7.10. The van der Waals surface area contributed by atoms with Crippen LogP contribution in [0.1, 0.15) is 50.1 Å². The molecule has 0 radical (unpaired) electrons. The maximum Gasteiger partial charge on any atom is 0.262 e. The van der Waals surface area contributed by atoms with Crippen LogP contribution in [0.3, 0.4) is 0 Å². The van der Waals surface area contributed by atoms with E-state index in [-0.39, 0.29) is 35.6 Å². The Balaban J connectivity index is 1.54. The quantitative estimate of drug-likeness (QED) is 0.531. The Morgan fingerprint density at radius 2 is 1.92 bits per heavy atom. The van der Waals surface area contributed by atoms with Crippen molar-refractivity contribution in [3.05, 3.63) is 58.0 Å². The molecule has 1 fully saturated rings. The molecule has 2 amide bonds. The maximum atomic E-state index is 14.5. The SMILES string of the molecule is CC(C)(C)CC(=O)N(CCN1CCOCC1)CC(=O)N1N=C(c2ccccc2F)CC1c1cccs1. The van der Waals surface area contributed by atoms with E-state index in [1.54, 1.807) is 34.4 Å². The number of halogens is 1. The molecule has 2 aliphatic heterocycles. The number of morpholine rings is 1. The molecule has 1 atom stereocenters. The summed E-state index contributed by atoms with van der Waals surface area (Å²) in [5.74, 6) is -0.666. The Hall–Kier alpha value is -2.62. The van der Waals surface area contributed by atoms with Crippen molar-refractivity contribution in [2.75, 3.05) is 45.9 Å². The monoisotopic (exact) mass is 514 g/mol. The molecule has 0 N–H and O–H groups in total. The van der Waals surface area contributed by atoms with Crippen LogP contribution in [-0.4, -0.2) is 78.3 Å². The highest BCUT2D eigenvalue weighted by atomic mass is 32.1. The number of nitrogens with zero attached hydrogens (tertiary/aromatic N) is 4. The van der Waals surface area contributed by atoms with Crippen LogP contribution in [0.2, 0.25) is 0 Å². The fourth-order valence-electron chi connectivity index (χ4n) is 4.48. The van der Waals surface area contributed by atoms with Crippen molar-refractivity contribution >= 4 is 28.9 Å². The van der Waals surface area contributed by atoms with Gasteiger partial charge in [-0.2, -0.15) is 5.10 Å². The number of benzene rings is 1. The first-order valence-electron chi connectivity index (χ1n) is 12.5. The van der Waals surface area contributed by atoms with Gasteiger partial charge >= 0.3 is 0 Å². The fraction of sp³-hybridized carbons (Fsp3) is 0.519. The van der Waals surface area contributed by atoms with Gasteiger partial charge in [-0.3, -0.25) is 14.5 Å². The normalized spacial score (nSPS) is 18.8. The molecule has 0 spiro atoms. The topological polar surface area (TPSA) is 65.5 Å². The molecule has 3 heterocycles. The van der Waals surface area contributed by atoms with Gasteiger partial charge in [0, 0.05) is 49.5 Å². The summed E-state index contributed by atoms with van der Waals surface area (Å²) in [6.07, 6.45) is 0.776. The van der Waals surface area contributed by atoms with E-state index >= 15 is 0 Å². The number of amides is 2. The summed E-state index contributed by atoms with van der Waals surface area (Å²) in [6, 6.07) is 10.1. The lowest BCUT2D eigenvalue weighted by Gasteiger charge is -2.32. The second-order valence-corrected chi connectivity index (χ2v) is 11.5. The molecular weight excluding hydrogens is 479 g/mol. The average molecular weight is 515 g/mol. The van der Waals surface area contributed by atoms with Crippen molar-refractivity contribution in [3.63, 3.8) is 0 Å². The third-order valence-corrected chi connectivity index (χ3v) is 7.35. The lowest BCUT2D eigenvalue weighted by Crippen LogP contribution is -2.47. The standard InChI is InChI=1S/C27H35FN4O3S/c1-27(2,3)18-25(33)31(11-10-30-12-14-35-15-13-30)19-26(34)32-23(24-9-6-16-36-24)17-22(29-32)20-7-4-5-8-21(20)28/h4-9,16,23H,10-15,17-19H2,1-3H3. The minimum Gasteiger partial charge on any atom is -0.379 e. The first kappa shape index (κ1) is 26.4. The van der Waals surface area contributed by atoms with Gasteiger partial charge in [-0.1, -0.05) is 45.0 Å². The van der Waals surface area contributed by atoms with E-state index in [9.17, 15) is 14.0 Å². The zero-order valence-electron chi connectivity index (χ0n) is 21.3. The van der Waals surface area contributed by atoms with Crippen LogP contribution in [-0.2, 0) is 14.3 Å². The molecule has 1 aromatic carbocycles. The number of ether oxygens (including phenoxy) is 1. The Bertz CT molecular complexity index is 1080. The van der Waals surface area contributed by atoms with Gasteiger partial charge in [-0.05, 0) is 22.9 Å². The summed E-state index contributed by atoms with van der Waals surface area (Å²) in [4.78, 5) is 31.8. The molecule has 0 bridgehead atoms. The molecule has 2 aliphatic rings. The number of thiophene rings is 1. The number of hydrazone groups is 1. The van der Waals surface area contributed by atoms with Crippen LogP contribution in [0.15, 0.2) is 46.9 Å². The smallest absolute Gasteiger partial charge is 0.262 e. The second kappa shape index (κ2) is 11.6. The molecule has 2 aromatic rings. The van der Waals surface area contributed by atoms with Crippen LogP contribution in [0.5, 0.6) is 0 Å². The first-order chi connectivity index (χ1) is 17.2. The number of carbonyl (C=O) groups excluding carboxylic acids is 2. The van der Waals surface area contributed by atoms with Crippen molar-refractivity contribution < 1.29 is 18.7 Å². The molecule has 36 heavy (non-hydrogen) atoms. The summed E-state index contributed by atoms with van der Waals surface area (Å²) in [5, 5.41) is 8.01. The van der Waals surface area contributed by atoms with Gasteiger partial charge in [0.05, 0.1) is 25.0 Å². The Morgan fingerprint density at radius 3 is 2.58 bits per heavy atom. The van der Waals surface area contributed by atoms with Gasteiger partial charge in [0.25, 0.3) is 5.91 Å². The van der Waals surface area contributed by atoms with Crippen molar-refractivity contribution in [2.24, 2.45) is 10.5 Å². The van der Waals surface area contributed by atoms with Crippen molar-refractivity contribution in [3.8, 4) is 0 Å². The third-order valence-electron chi connectivity index (χ3n) is 6.37. The van der Waals surface area contributed by atoms with E-state index in [0.717, 1.165) is 18.0 Å². The van der Waals surface area contributed by atoms with Gasteiger partial charge in [0.1, 0.15) is 12.4 Å². The molecule has 9 heteroatoms. The Morgan fingerprint density at radius 1 is 1.17 bits per heavy atom. The molecule has 0 saturated carbocycles. The highest BCUT2D eigenvalue weighted by Crippen LogP contribution is 2.35. The van der Waals surface area contributed by atoms with E-state index in [4.69, 9.17) is 4.74 Å².